The first kappa shape index (κ1) is 12.9. The highest BCUT2D eigenvalue weighted by Gasteiger charge is 2.36. The van der Waals surface area contributed by atoms with E-state index in [0.717, 1.165) is 5.92 Å². The van der Waals surface area contributed by atoms with Gasteiger partial charge in [0.1, 0.15) is 12.0 Å². The number of hydrogen-bond acceptors (Lipinski definition) is 5. The summed E-state index contributed by atoms with van der Waals surface area (Å²) in [6.07, 6.45) is 5.25. The predicted molar refractivity (Wildman–Crippen MR) is 72.6 cm³/mol. The van der Waals surface area contributed by atoms with Crippen molar-refractivity contribution >= 4 is 11.5 Å². The predicted octanol–water partition coefficient (Wildman–Crippen LogP) is 2.45. The minimum absolute atomic E-state index is 0.0591. The number of nitrogens with two attached hydrogens (primary N) is 1. The minimum atomic E-state index is 0.0591. The van der Waals surface area contributed by atoms with Crippen LogP contribution in [0.25, 0.3) is 0 Å². The van der Waals surface area contributed by atoms with Gasteiger partial charge in [-0.3, -0.25) is 0 Å². The van der Waals surface area contributed by atoms with E-state index in [-0.39, 0.29) is 6.10 Å². The van der Waals surface area contributed by atoms with E-state index in [1.54, 1.807) is 0 Å². The van der Waals surface area contributed by atoms with Crippen molar-refractivity contribution in [1.29, 1.82) is 0 Å². The van der Waals surface area contributed by atoms with E-state index in [0.29, 0.717) is 23.4 Å². The fraction of sp³-hybridized carbons (Fsp3) is 0.692. The molecule has 0 amide bonds. The van der Waals surface area contributed by atoms with Gasteiger partial charge in [0.05, 0.1) is 6.10 Å². The van der Waals surface area contributed by atoms with Gasteiger partial charge in [0, 0.05) is 6.04 Å². The average Bonchev–Trinajstić information content (AvgIpc) is 3.02. The van der Waals surface area contributed by atoms with E-state index in [2.05, 4.69) is 22.2 Å². The molecule has 0 bridgehead atoms. The lowest BCUT2D eigenvalue weighted by atomic mass is 10.2. The molecule has 1 saturated carbocycles. The molecule has 1 aromatic heterocycles. The first-order chi connectivity index (χ1) is 8.61. The first-order valence-electron chi connectivity index (χ1n) is 6.65. The number of rotatable bonds is 6. The van der Waals surface area contributed by atoms with Crippen molar-refractivity contribution in [3.63, 3.8) is 0 Å². The molecular formula is C13H22N4O. The van der Waals surface area contributed by atoms with Gasteiger partial charge in [-0.05, 0) is 32.6 Å². The Morgan fingerprint density at radius 1 is 1.50 bits per heavy atom. The summed E-state index contributed by atoms with van der Waals surface area (Å²) in [6, 6.07) is 0.508. The van der Waals surface area contributed by atoms with Gasteiger partial charge in [-0.1, -0.05) is 13.3 Å². The minimum Gasteiger partial charge on any atom is -0.473 e. The SMILES string of the molecule is CCCC1CC1Nc1ncnc(OC(C)C)c1N. The molecule has 0 aromatic carbocycles. The molecule has 2 unspecified atom stereocenters. The van der Waals surface area contributed by atoms with Crippen LogP contribution in [0, 0.1) is 5.92 Å². The molecule has 2 atom stereocenters. The van der Waals surface area contributed by atoms with Crippen LogP contribution in [0.3, 0.4) is 0 Å². The molecule has 1 aliphatic carbocycles. The van der Waals surface area contributed by atoms with Crippen LogP contribution < -0.4 is 15.8 Å². The molecule has 0 radical (unpaired) electrons. The zero-order valence-corrected chi connectivity index (χ0v) is 11.3. The fourth-order valence-electron chi connectivity index (χ4n) is 2.10. The summed E-state index contributed by atoms with van der Waals surface area (Å²) in [6.45, 7) is 6.11. The second-order valence-corrected chi connectivity index (χ2v) is 5.14. The molecule has 1 aromatic rings. The van der Waals surface area contributed by atoms with Crippen LogP contribution in [-0.2, 0) is 0 Å². The van der Waals surface area contributed by atoms with E-state index in [4.69, 9.17) is 10.5 Å². The van der Waals surface area contributed by atoms with Crippen LogP contribution in [0.2, 0.25) is 0 Å². The molecule has 0 saturated heterocycles. The molecule has 3 N–H and O–H groups in total. The molecule has 2 rings (SSSR count). The number of nitrogens with zero attached hydrogens (tertiary/aromatic N) is 2. The highest BCUT2D eigenvalue weighted by atomic mass is 16.5. The maximum atomic E-state index is 6.01. The molecule has 1 fully saturated rings. The lowest BCUT2D eigenvalue weighted by Gasteiger charge is -2.13. The third kappa shape index (κ3) is 3.03. The van der Waals surface area contributed by atoms with Crippen LogP contribution in [0.1, 0.15) is 40.0 Å². The van der Waals surface area contributed by atoms with Crippen LogP contribution in [0.15, 0.2) is 6.33 Å². The summed E-state index contributed by atoms with van der Waals surface area (Å²) in [5.74, 6) is 1.93. The molecule has 18 heavy (non-hydrogen) atoms. The second kappa shape index (κ2) is 5.42. The Morgan fingerprint density at radius 2 is 2.28 bits per heavy atom. The third-order valence-electron chi connectivity index (χ3n) is 3.10. The van der Waals surface area contributed by atoms with E-state index < -0.39 is 0 Å². The Bertz CT molecular complexity index is 408. The summed E-state index contributed by atoms with van der Waals surface area (Å²) in [5, 5.41) is 3.38. The van der Waals surface area contributed by atoms with Crippen molar-refractivity contribution in [3.8, 4) is 5.88 Å². The Balaban J connectivity index is 2.01. The standard InChI is InChI=1S/C13H22N4O/c1-4-5-9-6-10(9)17-12-11(14)13(16-7-15-12)18-8(2)3/h7-10H,4-6,14H2,1-3H3,(H,15,16,17). The van der Waals surface area contributed by atoms with Crippen LogP contribution in [0.4, 0.5) is 11.5 Å². The summed E-state index contributed by atoms with van der Waals surface area (Å²) in [4.78, 5) is 8.26. The zero-order valence-electron chi connectivity index (χ0n) is 11.3. The van der Waals surface area contributed by atoms with Gasteiger partial charge >= 0.3 is 0 Å². The lowest BCUT2D eigenvalue weighted by Crippen LogP contribution is -2.13. The van der Waals surface area contributed by atoms with E-state index in [1.165, 1.54) is 25.6 Å². The molecule has 5 nitrogen and oxygen atoms in total. The number of anilines is 2. The van der Waals surface area contributed by atoms with Crippen molar-refractivity contribution in [1.82, 2.24) is 9.97 Å². The van der Waals surface area contributed by atoms with E-state index in [9.17, 15) is 0 Å². The molecule has 0 spiro atoms. The van der Waals surface area contributed by atoms with E-state index >= 15 is 0 Å². The molecule has 5 heteroatoms. The van der Waals surface area contributed by atoms with Crippen molar-refractivity contribution in [2.75, 3.05) is 11.1 Å². The van der Waals surface area contributed by atoms with Crippen molar-refractivity contribution < 1.29 is 4.74 Å². The third-order valence-corrected chi connectivity index (χ3v) is 3.10. The average molecular weight is 250 g/mol. The Morgan fingerprint density at radius 3 is 2.94 bits per heavy atom. The smallest absolute Gasteiger partial charge is 0.242 e. The van der Waals surface area contributed by atoms with Crippen LogP contribution >= 0.6 is 0 Å². The molecule has 100 valence electrons. The van der Waals surface area contributed by atoms with Gasteiger partial charge < -0.3 is 15.8 Å². The number of nitrogens with one attached hydrogen (secondary N) is 1. The van der Waals surface area contributed by atoms with Gasteiger partial charge in [0.25, 0.3) is 0 Å². The van der Waals surface area contributed by atoms with E-state index in [1.807, 2.05) is 13.8 Å². The zero-order chi connectivity index (χ0) is 13.1. The summed E-state index contributed by atoms with van der Waals surface area (Å²) >= 11 is 0. The Kier molecular flexibility index (Phi) is 3.89. The fourth-order valence-corrected chi connectivity index (χ4v) is 2.10. The van der Waals surface area contributed by atoms with Gasteiger partial charge in [-0.25, -0.2) is 4.98 Å². The van der Waals surface area contributed by atoms with Crippen LogP contribution in [0.5, 0.6) is 5.88 Å². The highest BCUT2D eigenvalue weighted by Crippen LogP contribution is 2.38. The number of ether oxygens (including phenoxy) is 1. The van der Waals surface area contributed by atoms with Gasteiger partial charge in [0.15, 0.2) is 5.82 Å². The van der Waals surface area contributed by atoms with Gasteiger partial charge in [-0.15, -0.1) is 0 Å². The quantitative estimate of drug-likeness (QED) is 0.811. The monoisotopic (exact) mass is 250 g/mol. The first-order valence-corrected chi connectivity index (χ1v) is 6.65. The molecule has 1 heterocycles. The largest absolute Gasteiger partial charge is 0.473 e. The Labute approximate surface area is 108 Å². The number of nitrogen functional groups attached to an aromatic ring is 1. The van der Waals surface area contributed by atoms with Gasteiger partial charge in [0.2, 0.25) is 5.88 Å². The van der Waals surface area contributed by atoms with Crippen LogP contribution in [-0.4, -0.2) is 22.1 Å². The number of hydrogen-bond donors (Lipinski definition) is 2. The Hall–Kier alpha value is -1.52. The normalized spacial score (nSPS) is 22.0. The summed E-state index contributed by atoms with van der Waals surface area (Å²) < 4.78 is 5.55. The molecular weight excluding hydrogens is 228 g/mol. The molecule has 1 aliphatic rings. The van der Waals surface area contributed by atoms with Crippen molar-refractivity contribution in [2.24, 2.45) is 5.92 Å². The number of aromatic nitrogens is 2. The lowest BCUT2D eigenvalue weighted by molar-refractivity contribution is 0.234. The maximum Gasteiger partial charge on any atom is 0.242 e. The topological polar surface area (TPSA) is 73.1 Å². The highest BCUT2D eigenvalue weighted by molar-refractivity contribution is 5.67. The van der Waals surface area contributed by atoms with Crippen molar-refractivity contribution in [3.05, 3.63) is 6.33 Å². The second-order valence-electron chi connectivity index (χ2n) is 5.14. The maximum absolute atomic E-state index is 6.01. The molecule has 0 aliphatic heterocycles. The van der Waals surface area contributed by atoms with Gasteiger partial charge in [-0.2, -0.15) is 4.98 Å². The van der Waals surface area contributed by atoms with Crippen molar-refractivity contribution in [2.45, 2.75) is 52.2 Å². The summed E-state index contributed by atoms with van der Waals surface area (Å²) in [7, 11) is 0. The summed E-state index contributed by atoms with van der Waals surface area (Å²) in [5.41, 5.74) is 6.52.